The second kappa shape index (κ2) is 6.32. The van der Waals surface area contributed by atoms with Crippen LogP contribution in [-0.4, -0.2) is 41.8 Å². The number of rotatable bonds is 5. The molecule has 0 saturated heterocycles. The number of methoxy groups -OCH3 is 1. The molecule has 1 aromatic rings. The van der Waals surface area contributed by atoms with Gasteiger partial charge < -0.3 is 20.3 Å². The molecule has 1 atom stereocenters. The number of ether oxygens (including phenoxy) is 1. The van der Waals surface area contributed by atoms with Crippen LogP contribution in [0.3, 0.4) is 0 Å². The van der Waals surface area contributed by atoms with E-state index in [1.165, 1.54) is 25.3 Å². The number of amides is 1. The van der Waals surface area contributed by atoms with Gasteiger partial charge in [0.25, 0.3) is 5.91 Å². The van der Waals surface area contributed by atoms with Gasteiger partial charge in [-0.25, -0.2) is 0 Å². The lowest BCUT2D eigenvalue weighted by molar-refractivity contribution is 0.0901. The van der Waals surface area contributed by atoms with Gasteiger partial charge in [-0.05, 0) is 12.1 Å². The summed E-state index contributed by atoms with van der Waals surface area (Å²) in [6.45, 7) is 0.254. The van der Waals surface area contributed by atoms with Crippen molar-refractivity contribution in [2.24, 2.45) is 0 Å². The standard InChI is InChI=1S/C11H14ClNO4/c1-17-6-7(5-12)13-11(16)10-8(14)3-2-4-9(10)15/h2-4,7,14-15H,5-6H2,1H3,(H,13,16). The zero-order valence-electron chi connectivity index (χ0n) is 9.31. The molecule has 0 heterocycles. The molecule has 1 rings (SSSR count). The van der Waals surface area contributed by atoms with E-state index in [4.69, 9.17) is 16.3 Å². The van der Waals surface area contributed by atoms with Crippen molar-refractivity contribution in [3.05, 3.63) is 23.8 Å². The van der Waals surface area contributed by atoms with E-state index >= 15 is 0 Å². The number of hydrogen-bond acceptors (Lipinski definition) is 4. The fourth-order valence-electron chi connectivity index (χ4n) is 1.34. The Morgan fingerprint density at radius 1 is 1.47 bits per heavy atom. The number of phenols is 2. The van der Waals surface area contributed by atoms with Crippen molar-refractivity contribution in [1.82, 2.24) is 5.32 Å². The van der Waals surface area contributed by atoms with Gasteiger partial charge in [0.15, 0.2) is 0 Å². The van der Waals surface area contributed by atoms with Gasteiger partial charge in [-0.2, -0.15) is 0 Å². The Bertz CT molecular complexity index is 377. The van der Waals surface area contributed by atoms with Gasteiger partial charge in [-0.3, -0.25) is 4.79 Å². The first-order valence-corrected chi connectivity index (χ1v) is 5.50. The molecule has 1 aromatic carbocycles. The van der Waals surface area contributed by atoms with E-state index in [1.54, 1.807) is 0 Å². The number of carbonyl (C=O) groups excluding carboxylic acids is 1. The molecule has 0 saturated carbocycles. The summed E-state index contributed by atoms with van der Waals surface area (Å²) in [4.78, 5) is 11.8. The second-order valence-electron chi connectivity index (χ2n) is 3.45. The maximum atomic E-state index is 11.8. The highest BCUT2D eigenvalue weighted by Gasteiger charge is 2.19. The molecule has 0 fully saturated rings. The Morgan fingerprint density at radius 3 is 2.53 bits per heavy atom. The molecule has 17 heavy (non-hydrogen) atoms. The second-order valence-corrected chi connectivity index (χ2v) is 3.76. The molecular weight excluding hydrogens is 246 g/mol. The van der Waals surface area contributed by atoms with Crippen molar-refractivity contribution in [2.75, 3.05) is 19.6 Å². The van der Waals surface area contributed by atoms with Gasteiger partial charge in [0.2, 0.25) is 0 Å². The van der Waals surface area contributed by atoms with Gasteiger partial charge in [-0.1, -0.05) is 6.07 Å². The number of hydrogen-bond donors (Lipinski definition) is 3. The number of alkyl halides is 1. The van der Waals surface area contributed by atoms with Crippen LogP contribution in [-0.2, 0) is 4.74 Å². The summed E-state index contributed by atoms with van der Waals surface area (Å²) in [6.07, 6.45) is 0. The largest absolute Gasteiger partial charge is 0.507 e. The van der Waals surface area contributed by atoms with Gasteiger partial charge in [0, 0.05) is 13.0 Å². The highest BCUT2D eigenvalue weighted by Crippen LogP contribution is 2.25. The molecule has 0 aromatic heterocycles. The minimum absolute atomic E-state index is 0.168. The van der Waals surface area contributed by atoms with Crippen LogP contribution in [0.25, 0.3) is 0 Å². The van der Waals surface area contributed by atoms with Crippen molar-refractivity contribution in [3.63, 3.8) is 0 Å². The number of phenolic OH excluding ortho intramolecular Hbond substituents is 2. The van der Waals surface area contributed by atoms with Gasteiger partial charge >= 0.3 is 0 Å². The summed E-state index contributed by atoms with van der Waals surface area (Å²) in [6, 6.07) is 3.70. The smallest absolute Gasteiger partial charge is 0.259 e. The Hall–Kier alpha value is -1.46. The summed E-state index contributed by atoms with van der Waals surface area (Å²) in [5, 5.41) is 21.5. The summed E-state index contributed by atoms with van der Waals surface area (Å²) >= 11 is 5.64. The lowest BCUT2D eigenvalue weighted by Crippen LogP contribution is -2.39. The maximum absolute atomic E-state index is 11.8. The van der Waals surface area contributed by atoms with E-state index in [9.17, 15) is 15.0 Å². The van der Waals surface area contributed by atoms with Crippen molar-refractivity contribution in [1.29, 1.82) is 0 Å². The van der Waals surface area contributed by atoms with Crippen LogP contribution in [0.15, 0.2) is 18.2 Å². The van der Waals surface area contributed by atoms with E-state index in [-0.39, 0.29) is 35.6 Å². The van der Waals surface area contributed by atoms with E-state index < -0.39 is 5.91 Å². The number of halogens is 1. The molecular formula is C11H14ClNO4. The first kappa shape index (κ1) is 13.6. The highest BCUT2D eigenvalue weighted by molar-refractivity contribution is 6.18. The van der Waals surface area contributed by atoms with Gasteiger partial charge in [-0.15, -0.1) is 11.6 Å². The average Bonchev–Trinajstić information content (AvgIpc) is 2.28. The first-order chi connectivity index (χ1) is 8.10. The van der Waals surface area contributed by atoms with Crippen molar-refractivity contribution >= 4 is 17.5 Å². The molecule has 1 amide bonds. The molecule has 1 unspecified atom stereocenters. The Kier molecular flexibility index (Phi) is 5.06. The van der Waals surface area contributed by atoms with Crippen LogP contribution in [0.1, 0.15) is 10.4 Å². The van der Waals surface area contributed by atoms with Crippen LogP contribution in [0.2, 0.25) is 0 Å². The maximum Gasteiger partial charge on any atom is 0.259 e. The minimum atomic E-state index is -0.594. The van der Waals surface area contributed by atoms with Crippen LogP contribution < -0.4 is 5.32 Å². The molecule has 6 heteroatoms. The first-order valence-electron chi connectivity index (χ1n) is 4.96. The normalized spacial score (nSPS) is 12.1. The SMILES string of the molecule is COCC(CCl)NC(=O)c1c(O)cccc1O. The van der Waals surface area contributed by atoms with Crippen LogP contribution in [0.4, 0.5) is 0 Å². The van der Waals surface area contributed by atoms with Crippen LogP contribution in [0, 0.1) is 0 Å². The third-order valence-electron chi connectivity index (χ3n) is 2.14. The molecule has 0 bridgehead atoms. The van der Waals surface area contributed by atoms with E-state index in [1.807, 2.05) is 0 Å². The third-order valence-corrected chi connectivity index (χ3v) is 2.51. The monoisotopic (exact) mass is 259 g/mol. The fourth-order valence-corrected chi connectivity index (χ4v) is 1.51. The van der Waals surface area contributed by atoms with Crippen molar-refractivity contribution in [2.45, 2.75) is 6.04 Å². The van der Waals surface area contributed by atoms with Crippen LogP contribution >= 0.6 is 11.6 Å². The fraction of sp³-hybridized carbons (Fsp3) is 0.364. The van der Waals surface area contributed by atoms with Crippen molar-refractivity contribution < 1.29 is 19.7 Å². The summed E-state index contributed by atoms with van der Waals surface area (Å²) in [7, 11) is 1.49. The topological polar surface area (TPSA) is 78.8 Å². The van der Waals surface area contributed by atoms with E-state index in [2.05, 4.69) is 5.32 Å². The zero-order chi connectivity index (χ0) is 12.8. The molecule has 5 nitrogen and oxygen atoms in total. The Balaban J connectivity index is 2.82. The molecule has 3 N–H and O–H groups in total. The molecule has 0 aliphatic carbocycles. The lowest BCUT2D eigenvalue weighted by Gasteiger charge is -2.15. The average molecular weight is 260 g/mol. The quantitative estimate of drug-likeness (QED) is 0.692. The number of carbonyl (C=O) groups is 1. The van der Waals surface area contributed by atoms with Gasteiger partial charge in [0.1, 0.15) is 17.1 Å². The molecule has 0 aliphatic rings. The van der Waals surface area contributed by atoms with Gasteiger partial charge in [0.05, 0.1) is 12.6 Å². The van der Waals surface area contributed by atoms with Crippen molar-refractivity contribution in [3.8, 4) is 11.5 Å². The lowest BCUT2D eigenvalue weighted by atomic mass is 10.1. The van der Waals surface area contributed by atoms with Crippen LogP contribution in [0.5, 0.6) is 11.5 Å². The van der Waals surface area contributed by atoms with E-state index in [0.29, 0.717) is 0 Å². The van der Waals surface area contributed by atoms with E-state index in [0.717, 1.165) is 0 Å². The number of benzene rings is 1. The number of nitrogens with one attached hydrogen (secondary N) is 1. The Morgan fingerprint density at radius 2 is 2.06 bits per heavy atom. The predicted octanol–water partition coefficient (Wildman–Crippen LogP) is 1.08. The molecule has 0 aliphatic heterocycles. The molecule has 0 radical (unpaired) electrons. The zero-order valence-corrected chi connectivity index (χ0v) is 10.1. The predicted molar refractivity (Wildman–Crippen MR) is 63.6 cm³/mol. The summed E-state index contributed by atoms with van der Waals surface area (Å²) in [5.41, 5.74) is -0.168. The minimum Gasteiger partial charge on any atom is -0.507 e. The highest BCUT2D eigenvalue weighted by atomic mass is 35.5. The molecule has 94 valence electrons. The number of aromatic hydroxyl groups is 2. The summed E-state index contributed by atoms with van der Waals surface area (Å²) in [5.74, 6) is -0.988. The summed E-state index contributed by atoms with van der Waals surface area (Å²) < 4.78 is 4.87. The Labute approximate surface area is 104 Å². The molecule has 0 spiro atoms. The third kappa shape index (κ3) is 3.51.